The van der Waals surface area contributed by atoms with Crippen LogP contribution in [0.4, 0.5) is 0 Å². The topological polar surface area (TPSA) is 68.8 Å². The van der Waals surface area contributed by atoms with Gasteiger partial charge in [-0.2, -0.15) is 5.10 Å². The molecular formula is C19H26N6O. The van der Waals surface area contributed by atoms with Crippen molar-refractivity contribution in [3.8, 4) is 0 Å². The third-order valence-corrected chi connectivity index (χ3v) is 6.05. The number of aromatic nitrogens is 5. The van der Waals surface area contributed by atoms with Gasteiger partial charge in [0.15, 0.2) is 0 Å². The van der Waals surface area contributed by atoms with E-state index in [1.807, 2.05) is 6.07 Å². The standard InChI is InChI=1S/C19H26N6O/c26-19-9-8-16(14-6-7-14)22-25(19)12-15-4-3-10-23(15)13-18-21-20-17-5-1-2-11-24(17)18/h8-9,14-15H,1-7,10-13H2. The van der Waals surface area contributed by atoms with Gasteiger partial charge in [-0.15, -0.1) is 10.2 Å². The van der Waals surface area contributed by atoms with Crippen LogP contribution in [0.1, 0.15) is 61.8 Å². The lowest BCUT2D eigenvalue weighted by molar-refractivity contribution is 0.208. The molecule has 138 valence electrons. The highest BCUT2D eigenvalue weighted by molar-refractivity contribution is 5.12. The highest BCUT2D eigenvalue weighted by Crippen LogP contribution is 2.38. The van der Waals surface area contributed by atoms with Gasteiger partial charge in [0, 0.05) is 31.0 Å². The van der Waals surface area contributed by atoms with Crippen LogP contribution in [-0.4, -0.2) is 42.0 Å². The number of hydrogen-bond donors (Lipinski definition) is 0. The average Bonchev–Trinajstić information content (AvgIpc) is 3.30. The molecule has 7 nitrogen and oxygen atoms in total. The summed E-state index contributed by atoms with van der Waals surface area (Å²) in [5.41, 5.74) is 1.10. The van der Waals surface area contributed by atoms with Crippen LogP contribution in [0.3, 0.4) is 0 Å². The minimum absolute atomic E-state index is 0.0149. The minimum atomic E-state index is 0.0149. The molecule has 0 N–H and O–H groups in total. The molecule has 1 saturated heterocycles. The molecular weight excluding hydrogens is 328 g/mol. The van der Waals surface area contributed by atoms with E-state index in [0.29, 0.717) is 18.5 Å². The smallest absolute Gasteiger partial charge is 0.266 e. The molecule has 0 radical (unpaired) electrons. The molecule has 0 spiro atoms. The van der Waals surface area contributed by atoms with E-state index in [2.05, 4.69) is 24.8 Å². The van der Waals surface area contributed by atoms with Gasteiger partial charge in [-0.05, 0) is 51.1 Å². The third kappa shape index (κ3) is 3.09. The van der Waals surface area contributed by atoms with Crippen molar-refractivity contribution < 1.29 is 0 Å². The molecule has 1 saturated carbocycles. The molecule has 2 aromatic rings. The Bertz CT molecular complexity index is 852. The fourth-order valence-electron chi connectivity index (χ4n) is 4.37. The Hall–Kier alpha value is -2.02. The quantitative estimate of drug-likeness (QED) is 0.818. The maximum absolute atomic E-state index is 12.3. The van der Waals surface area contributed by atoms with Crippen molar-refractivity contribution in [3.63, 3.8) is 0 Å². The van der Waals surface area contributed by atoms with E-state index in [-0.39, 0.29) is 5.56 Å². The lowest BCUT2D eigenvalue weighted by Gasteiger charge is -2.25. The summed E-state index contributed by atoms with van der Waals surface area (Å²) in [5.74, 6) is 2.79. The van der Waals surface area contributed by atoms with Crippen LogP contribution >= 0.6 is 0 Å². The van der Waals surface area contributed by atoms with Crippen molar-refractivity contribution in [3.05, 3.63) is 39.8 Å². The fourth-order valence-corrected chi connectivity index (χ4v) is 4.37. The molecule has 26 heavy (non-hydrogen) atoms. The maximum atomic E-state index is 12.3. The number of rotatable bonds is 5. The molecule has 2 fully saturated rings. The average molecular weight is 354 g/mol. The van der Waals surface area contributed by atoms with Crippen LogP contribution in [0.25, 0.3) is 0 Å². The minimum Gasteiger partial charge on any atom is -0.314 e. The van der Waals surface area contributed by atoms with E-state index in [9.17, 15) is 4.79 Å². The van der Waals surface area contributed by atoms with Gasteiger partial charge in [-0.25, -0.2) is 4.68 Å². The van der Waals surface area contributed by atoms with Crippen molar-refractivity contribution in [2.45, 2.75) is 76.5 Å². The van der Waals surface area contributed by atoms with E-state index in [4.69, 9.17) is 0 Å². The molecule has 7 heteroatoms. The molecule has 3 aliphatic rings. The van der Waals surface area contributed by atoms with Gasteiger partial charge in [0.25, 0.3) is 5.56 Å². The SMILES string of the molecule is O=c1ccc(C2CC2)nn1CC1CCCN1Cc1nnc2n1CCCC2. The summed E-state index contributed by atoms with van der Waals surface area (Å²) >= 11 is 0. The molecule has 2 aliphatic heterocycles. The second kappa shape index (κ2) is 6.61. The lowest BCUT2D eigenvalue weighted by atomic mass is 10.1. The number of likely N-dealkylation sites (tertiary alicyclic amines) is 1. The van der Waals surface area contributed by atoms with Crippen LogP contribution in [-0.2, 0) is 26.1 Å². The summed E-state index contributed by atoms with van der Waals surface area (Å²) in [7, 11) is 0. The predicted octanol–water partition coefficient (Wildman–Crippen LogP) is 1.71. The lowest BCUT2D eigenvalue weighted by Crippen LogP contribution is -2.37. The molecule has 0 bridgehead atoms. The van der Waals surface area contributed by atoms with E-state index < -0.39 is 0 Å². The van der Waals surface area contributed by atoms with Crippen LogP contribution in [0.5, 0.6) is 0 Å². The Morgan fingerprint density at radius 1 is 1.04 bits per heavy atom. The first-order valence-corrected chi connectivity index (χ1v) is 10.0. The van der Waals surface area contributed by atoms with Crippen LogP contribution in [0.2, 0.25) is 0 Å². The zero-order valence-electron chi connectivity index (χ0n) is 15.2. The third-order valence-electron chi connectivity index (χ3n) is 6.05. The Labute approximate surface area is 153 Å². The fraction of sp³-hybridized carbons (Fsp3) is 0.684. The monoisotopic (exact) mass is 354 g/mol. The molecule has 0 amide bonds. The molecule has 5 rings (SSSR count). The molecule has 0 aromatic carbocycles. The molecule has 1 aliphatic carbocycles. The van der Waals surface area contributed by atoms with Crippen molar-refractivity contribution in [2.75, 3.05) is 6.54 Å². The Balaban J connectivity index is 1.32. The highest BCUT2D eigenvalue weighted by atomic mass is 16.1. The highest BCUT2D eigenvalue weighted by Gasteiger charge is 2.29. The summed E-state index contributed by atoms with van der Waals surface area (Å²) in [6, 6.07) is 3.95. The normalized spacial score (nSPS) is 23.3. The van der Waals surface area contributed by atoms with Crippen molar-refractivity contribution in [1.29, 1.82) is 0 Å². The molecule has 1 unspecified atom stereocenters. The van der Waals surface area contributed by atoms with E-state index in [0.717, 1.165) is 49.8 Å². The number of nitrogens with zero attached hydrogens (tertiary/aromatic N) is 6. The first kappa shape index (κ1) is 16.2. The van der Waals surface area contributed by atoms with Crippen molar-refractivity contribution >= 4 is 0 Å². The molecule has 4 heterocycles. The number of aryl methyl sites for hydroxylation is 1. The van der Waals surface area contributed by atoms with Crippen molar-refractivity contribution in [1.82, 2.24) is 29.4 Å². The van der Waals surface area contributed by atoms with Crippen LogP contribution < -0.4 is 5.56 Å². The molecule has 1 atom stereocenters. The van der Waals surface area contributed by atoms with Crippen molar-refractivity contribution in [2.24, 2.45) is 0 Å². The van der Waals surface area contributed by atoms with E-state index in [1.165, 1.54) is 32.1 Å². The van der Waals surface area contributed by atoms with Crippen LogP contribution in [0.15, 0.2) is 16.9 Å². The summed E-state index contributed by atoms with van der Waals surface area (Å²) in [6.45, 7) is 3.61. The van der Waals surface area contributed by atoms with Gasteiger partial charge in [-0.1, -0.05) is 0 Å². The molecule has 2 aromatic heterocycles. The first-order valence-electron chi connectivity index (χ1n) is 10.0. The van der Waals surface area contributed by atoms with E-state index >= 15 is 0 Å². The van der Waals surface area contributed by atoms with Gasteiger partial charge >= 0.3 is 0 Å². The van der Waals surface area contributed by atoms with E-state index in [1.54, 1.807) is 10.7 Å². The summed E-state index contributed by atoms with van der Waals surface area (Å²) < 4.78 is 3.99. The predicted molar refractivity (Wildman–Crippen MR) is 96.9 cm³/mol. The number of fused-ring (bicyclic) bond motifs is 1. The zero-order valence-corrected chi connectivity index (χ0v) is 15.2. The Morgan fingerprint density at radius 2 is 1.96 bits per heavy atom. The van der Waals surface area contributed by atoms with Gasteiger partial charge < -0.3 is 4.57 Å². The second-order valence-electron chi connectivity index (χ2n) is 7.96. The first-order chi connectivity index (χ1) is 12.8. The van der Waals surface area contributed by atoms with Gasteiger partial charge in [0.05, 0.1) is 18.8 Å². The summed E-state index contributed by atoms with van der Waals surface area (Å²) in [5, 5.41) is 13.5. The second-order valence-corrected chi connectivity index (χ2v) is 7.96. The largest absolute Gasteiger partial charge is 0.314 e. The summed E-state index contributed by atoms with van der Waals surface area (Å²) in [6.07, 6.45) is 8.18. The maximum Gasteiger partial charge on any atom is 0.266 e. The zero-order chi connectivity index (χ0) is 17.5. The van der Waals surface area contributed by atoms with Gasteiger partial charge in [0.2, 0.25) is 0 Å². The number of hydrogen-bond acceptors (Lipinski definition) is 5. The van der Waals surface area contributed by atoms with Gasteiger partial charge in [-0.3, -0.25) is 9.69 Å². The Kier molecular flexibility index (Phi) is 4.11. The van der Waals surface area contributed by atoms with Crippen LogP contribution in [0, 0.1) is 0 Å². The Morgan fingerprint density at radius 3 is 2.85 bits per heavy atom. The summed E-state index contributed by atoms with van der Waals surface area (Å²) in [4.78, 5) is 14.7. The van der Waals surface area contributed by atoms with Gasteiger partial charge in [0.1, 0.15) is 11.6 Å².